The fourth-order valence-electron chi connectivity index (χ4n) is 3.92. The van der Waals surface area contributed by atoms with Gasteiger partial charge in [-0.05, 0) is 32.6 Å². The van der Waals surface area contributed by atoms with E-state index in [1.54, 1.807) is 0 Å². The summed E-state index contributed by atoms with van der Waals surface area (Å²) in [4.78, 5) is 11.9. The Labute approximate surface area is 152 Å². The van der Waals surface area contributed by atoms with E-state index >= 15 is 0 Å². The lowest BCUT2D eigenvalue weighted by atomic mass is 9.87. The van der Waals surface area contributed by atoms with Gasteiger partial charge in [-0.1, -0.05) is 50.5 Å². The molecule has 0 aromatic rings. The summed E-state index contributed by atoms with van der Waals surface area (Å²) in [6, 6.07) is 0. The highest BCUT2D eigenvalue weighted by Gasteiger charge is 2.43. The minimum Gasteiger partial charge on any atom is -0.462 e. The molecule has 4 heteroatoms. The lowest BCUT2D eigenvalue weighted by Gasteiger charge is -2.25. The average molecular weight is 350 g/mol. The Morgan fingerprint density at radius 2 is 2.16 bits per heavy atom. The Morgan fingerprint density at radius 1 is 1.36 bits per heavy atom. The molecule has 1 heterocycles. The van der Waals surface area contributed by atoms with Crippen molar-refractivity contribution in [2.75, 3.05) is 0 Å². The maximum Gasteiger partial charge on any atom is 0.306 e. The molecule has 4 nitrogen and oxygen atoms in total. The van der Waals surface area contributed by atoms with Crippen LogP contribution in [0.5, 0.6) is 0 Å². The molecule has 0 unspecified atom stereocenters. The second-order valence-electron chi connectivity index (χ2n) is 7.85. The number of aliphatic hydroxyl groups is 2. The van der Waals surface area contributed by atoms with Gasteiger partial charge in [-0.15, -0.1) is 0 Å². The molecule has 0 aromatic heterocycles. The van der Waals surface area contributed by atoms with E-state index in [2.05, 4.69) is 19.1 Å². The summed E-state index contributed by atoms with van der Waals surface area (Å²) in [6.45, 7) is 3.97. The van der Waals surface area contributed by atoms with Crippen molar-refractivity contribution < 1.29 is 19.7 Å². The molecule has 2 rings (SSSR count). The number of hydrogen-bond donors (Lipinski definition) is 2. The first-order valence-electron chi connectivity index (χ1n) is 9.87. The Bertz CT molecular complexity index is 480. The molecule has 2 aliphatic rings. The number of carbonyl (C=O) groups excluding carboxylic acids is 1. The van der Waals surface area contributed by atoms with Gasteiger partial charge in [-0.25, -0.2) is 0 Å². The quantitative estimate of drug-likeness (QED) is 0.433. The van der Waals surface area contributed by atoms with Crippen LogP contribution in [0.3, 0.4) is 0 Å². The van der Waals surface area contributed by atoms with Gasteiger partial charge in [0, 0.05) is 24.7 Å². The predicted octanol–water partition coefficient (Wildman–Crippen LogP) is 3.91. The highest BCUT2D eigenvalue weighted by Crippen LogP contribution is 2.39. The van der Waals surface area contributed by atoms with Crippen LogP contribution in [0.25, 0.3) is 0 Å². The van der Waals surface area contributed by atoms with Crippen molar-refractivity contribution in [2.45, 2.75) is 89.4 Å². The Hall–Kier alpha value is -1.13. The van der Waals surface area contributed by atoms with Gasteiger partial charge < -0.3 is 14.9 Å². The monoisotopic (exact) mass is 350 g/mol. The molecule has 1 aliphatic heterocycles. The number of aliphatic hydroxyl groups excluding tert-OH is 1. The number of unbranched alkanes of at least 4 members (excludes halogenated alkanes) is 2. The molecular formula is C21H34O4. The number of carbonyl (C=O) groups is 1. The largest absolute Gasteiger partial charge is 0.462 e. The third kappa shape index (κ3) is 6.27. The lowest BCUT2D eigenvalue weighted by Crippen LogP contribution is -2.26. The van der Waals surface area contributed by atoms with Crippen LogP contribution in [-0.4, -0.2) is 34.0 Å². The average Bonchev–Trinajstić information content (AvgIpc) is 2.84. The van der Waals surface area contributed by atoms with E-state index in [0.29, 0.717) is 12.8 Å². The van der Waals surface area contributed by atoms with Gasteiger partial charge in [-0.3, -0.25) is 4.79 Å². The van der Waals surface area contributed by atoms with Crippen LogP contribution in [0.1, 0.15) is 71.6 Å². The number of hydrogen-bond acceptors (Lipinski definition) is 4. The summed E-state index contributed by atoms with van der Waals surface area (Å²) in [6.07, 6.45) is 14.7. The standard InChI is InChI=1S/C21H34O4/c1-3-4-9-13-21(2,24)14-12-16-17-10-7-5-6-8-11-20(23)25-19(17)15-18(16)22/h5,7,12,14,16-19,22,24H,3-4,6,8-11,13,15H2,1-2H3/b7-5-,14-12+/t16-,17-,18-,19+,21+/m1/s1. The van der Waals surface area contributed by atoms with E-state index in [1.807, 2.05) is 19.1 Å². The molecule has 0 spiro atoms. The van der Waals surface area contributed by atoms with E-state index in [4.69, 9.17) is 4.74 Å². The van der Waals surface area contributed by atoms with Crippen LogP contribution in [0, 0.1) is 11.8 Å². The van der Waals surface area contributed by atoms with Gasteiger partial charge in [0.2, 0.25) is 0 Å². The topological polar surface area (TPSA) is 66.8 Å². The van der Waals surface area contributed by atoms with E-state index in [9.17, 15) is 15.0 Å². The summed E-state index contributed by atoms with van der Waals surface area (Å²) in [5, 5.41) is 21.0. The zero-order valence-electron chi connectivity index (χ0n) is 15.7. The minimum absolute atomic E-state index is 0.0796. The van der Waals surface area contributed by atoms with Gasteiger partial charge in [0.25, 0.3) is 0 Å². The SMILES string of the molecule is CCCCC[C@](C)(O)/C=C/[C@@H]1[C@H]2C/C=C\CCCC(=O)O[C@H]2C[C@H]1O. The fourth-order valence-corrected chi connectivity index (χ4v) is 3.92. The minimum atomic E-state index is -0.852. The van der Waals surface area contributed by atoms with Crippen molar-refractivity contribution in [3.63, 3.8) is 0 Å². The zero-order chi connectivity index (χ0) is 18.3. The van der Waals surface area contributed by atoms with Crippen molar-refractivity contribution in [1.29, 1.82) is 0 Å². The van der Waals surface area contributed by atoms with Crippen LogP contribution >= 0.6 is 0 Å². The van der Waals surface area contributed by atoms with Gasteiger partial charge in [0.1, 0.15) is 6.10 Å². The van der Waals surface area contributed by atoms with Gasteiger partial charge in [0.15, 0.2) is 0 Å². The highest BCUT2D eigenvalue weighted by molar-refractivity contribution is 5.69. The number of ether oxygens (including phenoxy) is 1. The van der Waals surface area contributed by atoms with Crippen molar-refractivity contribution in [3.8, 4) is 0 Å². The first kappa shape index (κ1) is 20.2. The van der Waals surface area contributed by atoms with Crippen molar-refractivity contribution in [2.24, 2.45) is 11.8 Å². The molecule has 1 aliphatic carbocycles. The Balaban J connectivity index is 2.06. The van der Waals surface area contributed by atoms with Crippen LogP contribution < -0.4 is 0 Å². The molecule has 0 bridgehead atoms. The second-order valence-corrected chi connectivity index (χ2v) is 7.85. The normalized spacial score (nSPS) is 34.3. The summed E-state index contributed by atoms with van der Waals surface area (Å²) < 4.78 is 5.63. The van der Waals surface area contributed by atoms with E-state index in [0.717, 1.165) is 44.9 Å². The van der Waals surface area contributed by atoms with Gasteiger partial charge in [-0.2, -0.15) is 0 Å². The highest BCUT2D eigenvalue weighted by atomic mass is 16.5. The summed E-state index contributed by atoms with van der Waals surface area (Å²) in [5.41, 5.74) is -0.852. The van der Waals surface area contributed by atoms with Crippen LogP contribution in [-0.2, 0) is 9.53 Å². The molecule has 25 heavy (non-hydrogen) atoms. The molecule has 0 amide bonds. The number of fused-ring (bicyclic) bond motifs is 1. The lowest BCUT2D eigenvalue weighted by molar-refractivity contribution is -0.151. The van der Waals surface area contributed by atoms with Crippen LogP contribution in [0.15, 0.2) is 24.3 Å². The third-order valence-corrected chi connectivity index (χ3v) is 5.46. The second kappa shape index (κ2) is 9.54. The smallest absolute Gasteiger partial charge is 0.306 e. The van der Waals surface area contributed by atoms with Crippen molar-refractivity contribution >= 4 is 5.97 Å². The van der Waals surface area contributed by atoms with Gasteiger partial charge in [0.05, 0.1) is 11.7 Å². The Kier molecular flexibility index (Phi) is 7.70. The van der Waals surface area contributed by atoms with Crippen LogP contribution in [0.2, 0.25) is 0 Å². The summed E-state index contributed by atoms with van der Waals surface area (Å²) in [5.74, 6) is -0.163. The molecule has 0 aromatic carbocycles. The molecule has 1 saturated carbocycles. The summed E-state index contributed by atoms with van der Waals surface area (Å²) >= 11 is 0. The maximum atomic E-state index is 11.9. The number of esters is 1. The third-order valence-electron chi connectivity index (χ3n) is 5.46. The molecule has 0 radical (unpaired) electrons. The van der Waals surface area contributed by atoms with Crippen LogP contribution in [0.4, 0.5) is 0 Å². The van der Waals surface area contributed by atoms with E-state index in [-0.39, 0.29) is 23.9 Å². The molecular weight excluding hydrogens is 316 g/mol. The van der Waals surface area contributed by atoms with Crippen molar-refractivity contribution in [1.82, 2.24) is 0 Å². The van der Waals surface area contributed by atoms with Gasteiger partial charge >= 0.3 is 5.97 Å². The first-order chi connectivity index (χ1) is 11.9. The molecule has 5 atom stereocenters. The molecule has 1 fully saturated rings. The first-order valence-corrected chi connectivity index (χ1v) is 9.87. The van der Waals surface area contributed by atoms with Crippen molar-refractivity contribution in [3.05, 3.63) is 24.3 Å². The van der Waals surface area contributed by atoms with E-state index in [1.165, 1.54) is 0 Å². The van der Waals surface area contributed by atoms with E-state index < -0.39 is 11.7 Å². The maximum absolute atomic E-state index is 11.9. The summed E-state index contributed by atoms with van der Waals surface area (Å²) in [7, 11) is 0. The number of allylic oxidation sites excluding steroid dienone is 2. The fraction of sp³-hybridized carbons (Fsp3) is 0.762. The predicted molar refractivity (Wildman–Crippen MR) is 99.0 cm³/mol. The molecule has 142 valence electrons. The molecule has 2 N–H and O–H groups in total. The molecule has 0 saturated heterocycles. The number of rotatable bonds is 6. The Morgan fingerprint density at radius 3 is 2.92 bits per heavy atom. The zero-order valence-corrected chi connectivity index (χ0v) is 15.7.